The normalized spacial score (nSPS) is 15.0. The monoisotopic (exact) mass is 354 g/mol. The molecule has 2 amide bonds. The predicted molar refractivity (Wildman–Crippen MR) is 101 cm³/mol. The molecule has 1 aliphatic heterocycles. The molecule has 0 saturated carbocycles. The van der Waals surface area contributed by atoms with Crippen molar-refractivity contribution in [3.05, 3.63) is 65.2 Å². The van der Waals surface area contributed by atoms with Gasteiger partial charge in [-0.05, 0) is 43.5 Å². The second-order valence-electron chi connectivity index (χ2n) is 6.37. The van der Waals surface area contributed by atoms with Gasteiger partial charge in [-0.3, -0.25) is 9.59 Å². The Morgan fingerprint density at radius 3 is 2.24 bits per heavy atom. The second kappa shape index (κ2) is 7.74. The lowest BCUT2D eigenvalue weighted by Crippen LogP contribution is -2.46. The van der Waals surface area contributed by atoms with Gasteiger partial charge in [-0.15, -0.1) is 12.6 Å². The molecule has 1 aliphatic rings. The zero-order valence-electron chi connectivity index (χ0n) is 14.2. The van der Waals surface area contributed by atoms with Crippen molar-refractivity contribution in [3.63, 3.8) is 0 Å². The van der Waals surface area contributed by atoms with Gasteiger partial charge in [0.15, 0.2) is 0 Å². The van der Waals surface area contributed by atoms with Gasteiger partial charge in [0.05, 0.1) is 5.56 Å². The quantitative estimate of drug-likeness (QED) is 0.831. The third kappa shape index (κ3) is 4.04. The van der Waals surface area contributed by atoms with Crippen LogP contribution >= 0.6 is 12.6 Å². The molecule has 130 valence electrons. The van der Waals surface area contributed by atoms with E-state index in [0.29, 0.717) is 23.5 Å². The lowest BCUT2D eigenvalue weighted by Gasteiger charge is -2.32. The summed E-state index contributed by atoms with van der Waals surface area (Å²) in [5.41, 5.74) is 2.34. The van der Waals surface area contributed by atoms with Crippen LogP contribution in [0.1, 0.15) is 39.1 Å². The van der Waals surface area contributed by atoms with E-state index in [9.17, 15) is 9.59 Å². The maximum Gasteiger partial charge on any atom is 0.254 e. The number of amides is 2. The van der Waals surface area contributed by atoms with Gasteiger partial charge in [0.1, 0.15) is 0 Å². The Hall–Kier alpha value is -2.27. The first kappa shape index (κ1) is 17.5. The number of nitrogens with one attached hydrogen (secondary N) is 1. The van der Waals surface area contributed by atoms with Crippen LogP contribution in [0.4, 0.5) is 0 Å². The molecule has 1 fully saturated rings. The average Bonchev–Trinajstić information content (AvgIpc) is 2.62. The summed E-state index contributed by atoms with van der Waals surface area (Å²) in [6.45, 7) is 3.26. The molecule has 1 heterocycles. The van der Waals surface area contributed by atoms with E-state index in [0.717, 1.165) is 24.0 Å². The summed E-state index contributed by atoms with van der Waals surface area (Å²) in [5.74, 6) is -0.0298. The molecule has 2 aromatic rings. The topological polar surface area (TPSA) is 49.4 Å². The van der Waals surface area contributed by atoms with E-state index in [1.165, 1.54) is 0 Å². The Morgan fingerprint density at radius 2 is 1.60 bits per heavy atom. The molecule has 0 bridgehead atoms. The summed E-state index contributed by atoms with van der Waals surface area (Å²) < 4.78 is 0. The highest BCUT2D eigenvalue weighted by Gasteiger charge is 2.25. The molecule has 4 nitrogen and oxygen atoms in total. The summed E-state index contributed by atoms with van der Waals surface area (Å²) in [6.07, 6.45) is 1.52. The molecule has 0 radical (unpaired) electrons. The predicted octanol–water partition coefficient (Wildman–Crippen LogP) is 3.32. The Kier molecular flexibility index (Phi) is 5.43. The fraction of sp³-hybridized carbons (Fsp3) is 0.300. The number of carbonyl (C=O) groups excluding carboxylic acids is 2. The van der Waals surface area contributed by atoms with Gasteiger partial charge in [-0.1, -0.05) is 30.3 Å². The van der Waals surface area contributed by atoms with Gasteiger partial charge < -0.3 is 10.2 Å². The van der Waals surface area contributed by atoms with Crippen LogP contribution in [0.15, 0.2) is 53.4 Å². The van der Waals surface area contributed by atoms with Gasteiger partial charge in [0.25, 0.3) is 11.8 Å². The average molecular weight is 354 g/mol. The van der Waals surface area contributed by atoms with E-state index >= 15 is 0 Å². The van der Waals surface area contributed by atoms with Crippen molar-refractivity contribution in [3.8, 4) is 0 Å². The van der Waals surface area contributed by atoms with Gasteiger partial charge >= 0.3 is 0 Å². The number of nitrogens with zero attached hydrogens (tertiary/aromatic N) is 1. The maximum absolute atomic E-state index is 12.6. The van der Waals surface area contributed by atoms with Crippen molar-refractivity contribution in [2.45, 2.75) is 30.7 Å². The standard InChI is InChI=1S/C20H22N2O2S/c1-14-6-2-3-7-16(14)20(24)22-12-10-15(11-13-22)21-19(23)17-8-4-5-9-18(17)25/h2-9,15,25H,10-13H2,1H3,(H,21,23). The van der Waals surface area contributed by atoms with E-state index in [1.807, 2.05) is 54.3 Å². The molecule has 3 rings (SSSR count). The molecule has 0 spiro atoms. The molecule has 1 N–H and O–H groups in total. The number of likely N-dealkylation sites (tertiary alicyclic amines) is 1. The number of rotatable bonds is 3. The minimum Gasteiger partial charge on any atom is -0.349 e. The van der Waals surface area contributed by atoms with Crippen molar-refractivity contribution in [2.75, 3.05) is 13.1 Å². The molecule has 0 atom stereocenters. The Morgan fingerprint density at radius 1 is 1.00 bits per heavy atom. The minimum atomic E-state index is -0.103. The molecule has 0 aromatic heterocycles. The number of thiol groups is 1. The highest BCUT2D eigenvalue weighted by atomic mass is 32.1. The lowest BCUT2D eigenvalue weighted by molar-refractivity contribution is 0.0697. The van der Waals surface area contributed by atoms with E-state index in [2.05, 4.69) is 17.9 Å². The van der Waals surface area contributed by atoms with Crippen molar-refractivity contribution < 1.29 is 9.59 Å². The lowest BCUT2D eigenvalue weighted by atomic mass is 10.0. The Bertz CT molecular complexity index is 783. The molecule has 25 heavy (non-hydrogen) atoms. The van der Waals surface area contributed by atoms with E-state index < -0.39 is 0 Å². The molecule has 0 aliphatic carbocycles. The van der Waals surface area contributed by atoms with Gasteiger partial charge in [-0.2, -0.15) is 0 Å². The molecule has 2 aromatic carbocycles. The van der Waals surface area contributed by atoms with Crippen LogP contribution in [0, 0.1) is 6.92 Å². The summed E-state index contributed by atoms with van der Waals surface area (Å²) in [4.78, 5) is 27.6. The van der Waals surface area contributed by atoms with Crippen molar-refractivity contribution in [2.24, 2.45) is 0 Å². The third-order valence-corrected chi connectivity index (χ3v) is 5.03. The van der Waals surface area contributed by atoms with Gasteiger partial charge in [-0.25, -0.2) is 0 Å². The molecule has 1 saturated heterocycles. The van der Waals surface area contributed by atoms with Crippen LogP contribution < -0.4 is 5.32 Å². The summed E-state index contributed by atoms with van der Waals surface area (Å²) >= 11 is 4.33. The molecular formula is C20H22N2O2S. The van der Waals surface area contributed by atoms with Gasteiger partial charge in [0, 0.05) is 29.6 Å². The SMILES string of the molecule is Cc1ccccc1C(=O)N1CCC(NC(=O)c2ccccc2S)CC1. The number of benzene rings is 2. The largest absolute Gasteiger partial charge is 0.349 e. The zero-order valence-corrected chi connectivity index (χ0v) is 15.1. The van der Waals surface area contributed by atoms with Crippen LogP contribution in [0.2, 0.25) is 0 Å². The highest BCUT2D eigenvalue weighted by Crippen LogP contribution is 2.18. The van der Waals surface area contributed by atoms with Crippen LogP contribution in [-0.4, -0.2) is 35.8 Å². The zero-order chi connectivity index (χ0) is 17.8. The van der Waals surface area contributed by atoms with Crippen molar-refractivity contribution in [1.29, 1.82) is 0 Å². The van der Waals surface area contributed by atoms with Crippen LogP contribution in [-0.2, 0) is 0 Å². The fourth-order valence-electron chi connectivity index (χ4n) is 3.14. The molecular weight excluding hydrogens is 332 g/mol. The van der Waals surface area contributed by atoms with E-state index in [4.69, 9.17) is 0 Å². The first-order valence-electron chi connectivity index (χ1n) is 8.50. The van der Waals surface area contributed by atoms with E-state index in [1.54, 1.807) is 6.07 Å². The van der Waals surface area contributed by atoms with Crippen molar-refractivity contribution >= 4 is 24.4 Å². The maximum atomic E-state index is 12.6. The first-order chi connectivity index (χ1) is 12.1. The first-order valence-corrected chi connectivity index (χ1v) is 8.95. The minimum absolute atomic E-state index is 0.0728. The smallest absolute Gasteiger partial charge is 0.254 e. The highest BCUT2D eigenvalue weighted by molar-refractivity contribution is 7.80. The number of hydrogen-bond acceptors (Lipinski definition) is 3. The number of hydrogen-bond donors (Lipinski definition) is 2. The van der Waals surface area contributed by atoms with E-state index in [-0.39, 0.29) is 17.9 Å². The van der Waals surface area contributed by atoms with Gasteiger partial charge in [0.2, 0.25) is 0 Å². The fourth-order valence-corrected chi connectivity index (χ4v) is 3.40. The number of piperidine rings is 1. The number of carbonyl (C=O) groups is 2. The summed E-state index contributed by atoms with van der Waals surface area (Å²) in [7, 11) is 0. The van der Waals surface area contributed by atoms with Crippen LogP contribution in [0.3, 0.4) is 0 Å². The summed E-state index contributed by atoms with van der Waals surface area (Å²) in [6, 6.07) is 15.0. The second-order valence-corrected chi connectivity index (χ2v) is 6.85. The number of aryl methyl sites for hydroxylation is 1. The van der Waals surface area contributed by atoms with Crippen LogP contribution in [0.5, 0.6) is 0 Å². The summed E-state index contributed by atoms with van der Waals surface area (Å²) in [5, 5.41) is 3.06. The Labute approximate surface area is 153 Å². The third-order valence-electron chi connectivity index (χ3n) is 4.64. The van der Waals surface area contributed by atoms with Crippen LogP contribution in [0.25, 0.3) is 0 Å². The molecule has 0 unspecified atom stereocenters. The van der Waals surface area contributed by atoms with Crippen molar-refractivity contribution in [1.82, 2.24) is 10.2 Å². The molecule has 5 heteroatoms. The Balaban J connectivity index is 1.57.